The summed E-state index contributed by atoms with van der Waals surface area (Å²) in [7, 11) is 0. The zero-order valence-electron chi connectivity index (χ0n) is 18.1. The van der Waals surface area contributed by atoms with Crippen molar-refractivity contribution in [2.24, 2.45) is 5.92 Å². The molecule has 1 unspecified atom stereocenters. The third-order valence-corrected chi connectivity index (χ3v) is 6.29. The van der Waals surface area contributed by atoms with Crippen LogP contribution >= 0.6 is 0 Å². The first-order valence-electron chi connectivity index (χ1n) is 11.2. The molecule has 1 fully saturated rings. The number of hydrogen-bond donors (Lipinski definition) is 1. The number of nitrogens with zero attached hydrogens (tertiary/aromatic N) is 1. The second kappa shape index (κ2) is 8.61. The largest absolute Gasteiger partial charge is 0.465 e. The lowest BCUT2D eigenvalue weighted by molar-refractivity contribution is -0.124. The molecule has 32 heavy (non-hydrogen) atoms. The molecule has 1 aromatic carbocycles. The van der Waals surface area contributed by atoms with Crippen LogP contribution in [0.1, 0.15) is 60.0 Å². The van der Waals surface area contributed by atoms with Crippen LogP contribution in [0.25, 0.3) is 22.6 Å². The highest BCUT2D eigenvalue weighted by Crippen LogP contribution is 2.36. The molecular formula is C26H26N2O4. The second-order valence-corrected chi connectivity index (χ2v) is 8.64. The first-order valence-corrected chi connectivity index (χ1v) is 11.2. The summed E-state index contributed by atoms with van der Waals surface area (Å²) in [6.45, 7) is 1.72. The van der Waals surface area contributed by atoms with Gasteiger partial charge in [-0.2, -0.15) is 0 Å². The Morgan fingerprint density at radius 3 is 2.84 bits per heavy atom. The Bertz CT molecular complexity index is 1190. The van der Waals surface area contributed by atoms with Gasteiger partial charge in [-0.25, -0.2) is 9.78 Å². The van der Waals surface area contributed by atoms with Gasteiger partial charge in [0.25, 0.3) is 5.91 Å². The summed E-state index contributed by atoms with van der Waals surface area (Å²) in [5.41, 5.74) is 3.97. The minimum Gasteiger partial charge on any atom is -0.465 e. The number of furan rings is 1. The molecule has 1 atom stereocenters. The zero-order valence-corrected chi connectivity index (χ0v) is 18.1. The number of rotatable bonds is 6. The van der Waals surface area contributed by atoms with Gasteiger partial charge in [0.15, 0.2) is 6.61 Å². The fourth-order valence-corrected chi connectivity index (χ4v) is 4.47. The highest BCUT2D eigenvalue weighted by molar-refractivity contribution is 6.07. The molecule has 1 amide bonds. The molecule has 0 bridgehead atoms. The van der Waals surface area contributed by atoms with E-state index in [4.69, 9.17) is 14.1 Å². The van der Waals surface area contributed by atoms with E-state index in [0.29, 0.717) is 11.5 Å². The Kier molecular flexibility index (Phi) is 5.52. The molecule has 2 aromatic heterocycles. The van der Waals surface area contributed by atoms with Gasteiger partial charge < -0.3 is 14.5 Å². The normalized spacial score (nSPS) is 17.7. The second-order valence-electron chi connectivity index (χ2n) is 8.64. The summed E-state index contributed by atoms with van der Waals surface area (Å²) in [6, 6.07) is 11.4. The van der Waals surface area contributed by atoms with Gasteiger partial charge in [-0.1, -0.05) is 18.2 Å². The van der Waals surface area contributed by atoms with Crippen molar-refractivity contribution in [2.75, 3.05) is 6.61 Å². The molecule has 1 N–H and O–H groups in total. The number of benzene rings is 1. The lowest BCUT2D eigenvalue weighted by Crippen LogP contribution is -2.37. The van der Waals surface area contributed by atoms with Crippen molar-refractivity contribution in [1.29, 1.82) is 0 Å². The number of nitrogens with one attached hydrogen (secondary N) is 1. The predicted molar refractivity (Wildman–Crippen MR) is 122 cm³/mol. The van der Waals surface area contributed by atoms with Crippen LogP contribution in [-0.2, 0) is 16.0 Å². The Morgan fingerprint density at radius 2 is 2.06 bits per heavy atom. The van der Waals surface area contributed by atoms with E-state index in [2.05, 4.69) is 5.32 Å². The van der Waals surface area contributed by atoms with Crippen LogP contribution in [-0.4, -0.2) is 29.5 Å². The van der Waals surface area contributed by atoms with Crippen LogP contribution in [0.4, 0.5) is 0 Å². The number of pyridine rings is 1. The Hall–Kier alpha value is -3.41. The van der Waals surface area contributed by atoms with E-state index in [0.717, 1.165) is 65.6 Å². The number of esters is 1. The maximum Gasteiger partial charge on any atom is 0.339 e. The van der Waals surface area contributed by atoms with E-state index in [9.17, 15) is 9.59 Å². The van der Waals surface area contributed by atoms with Crippen molar-refractivity contribution in [3.63, 3.8) is 0 Å². The molecule has 0 aliphatic heterocycles. The fraction of sp³-hybridized carbons (Fsp3) is 0.346. The smallest absolute Gasteiger partial charge is 0.339 e. The molecule has 164 valence electrons. The molecule has 3 aromatic rings. The number of carbonyl (C=O) groups is 2. The molecule has 0 spiro atoms. The number of para-hydroxylation sites is 1. The van der Waals surface area contributed by atoms with E-state index in [1.165, 1.54) is 0 Å². The molecule has 0 radical (unpaired) electrons. The van der Waals surface area contributed by atoms with Crippen molar-refractivity contribution >= 4 is 34.4 Å². The third kappa shape index (κ3) is 4.17. The van der Waals surface area contributed by atoms with E-state index < -0.39 is 5.97 Å². The molecule has 2 heterocycles. The monoisotopic (exact) mass is 430 g/mol. The Labute approximate surface area is 186 Å². The molecule has 5 rings (SSSR count). The van der Waals surface area contributed by atoms with E-state index >= 15 is 0 Å². The zero-order chi connectivity index (χ0) is 22.1. The third-order valence-electron chi connectivity index (χ3n) is 6.29. The van der Waals surface area contributed by atoms with Gasteiger partial charge in [-0.15, -0.1) is 0 Å². The van der Waals surface area contributed by atoms with Gasteiger partial charge in [0.1, 0.15) is 5.76 Å². The average Bonchev–Trinajstić information content (AvgIpc) is 3.53. The SMILES string of the molecule is CC(NC(=O)COC(=O)c1c2c(nc3ccccc13)/C(=C/c1ccco1)CCC2)C1CC1. The van der Waals surface area contributed by atoms with E-state index in [1.54, 1.807) is 6.26 Å². The number of amides is 1. The molecule has 6 nitrogen and oxygen atoms in total. The molecule has 2 aliphatic rings. The number of carbonyl (C=O) groups excluding carboxylic acids is 2. The number of fused-ring (bicyclic) bond motifs is 2. The topological polar surface area (TPSA) is 81.4 Å². The lowest BCUT2D eigenvalue weighted by Gasteiger charge is -2.22. The maximum atomic E-state index is 13.2. The molecule has 0 saturated heterocycles. The summed E-state index contributed by atoms with van der Waals surface area (Å²) < 4.78 is 11.0. The van der Waals surface area contributed by atoms with E-state index in [-0.39, 0.29) is 18.6 Å². The lowest BCUT2D eigenvalue weighted by atomic mass is 9.86. The van der Waals surface area contributed by atoms with Crippen molar-refractivity contribution < 1.29 is 18.7 Å². The van der Waals surface area contributed by atoms with Crippen molar-refractivity contribution in [2.45, 2.75) is 45.1 Å². The number of aromatic nitrogens is 1. The molecular weight excluding hydrogens is 404 g/mol. The number of hydrogen-bond acceptors (Lipinski definition) is 5. The van der Waals surface area contributed by atoms with Crippen molar-refractivity contribution in [1.82, 2.24) is 10.3 Å². The average molecular weight is 431 g/mol. The summed E-state index contributed by atoms with van der Waals surface area (Å²) in [5.74, 6) is 0.565. The summed E-state index contributed by atoms with van der Waals surface area (Å²) in [5, 5.41) is 3.68. The first-order chi connectivity index (χ1) is 15.6. The van der Waals surface area contributed by atoms with Crippen LogP contribution in [0.15, 0.2) is 47.1 Å². The molecule has 1 saturated carbocycles. The van der Waals surface area contributed by atoms with E-state index in [1.807, 2.05) is 49.4 Å². The Morgan fingerprint density at radius 1 is 1.22 bits per heavy atom. The maximum absolute atomic E-state index is 13.2. The number of allylic oxidation sites excluding steroid dienone is 1. The van der Waals surface area contributed by atoms with Crippen LogP contribution in [0.5, 0.6) is 0 Å². The molecule has 2 aliphatic carbocycles. The summed E-state index contributed by atoms with van der Waals surface area (Å²) in [6.07, 6.45) is 8.41. The van der Waals surface area contributed by atoms with Gasteiger partial charge in [-0.3, -0.25) is 4.79 Å². The fourth-order valence-electron chi connectivity index (χ4n) is 4.47. The molecule has 6 heteroatoms. The quantitative estimate of drug-likeness (QED) is 0.570. The van der Waals surface area contributed by atoms with Crippen LogP contribution in [0.3, 0.4) is 0 Å². The standard InChI is InChI=1S/C26H26N2O4/c1-16(17-11-12-17)27-23(29)15-32-26(30)24-20-8-2-3-10-22(20)28-25-18(6-4-9-21(24)25)14-19-7-5-13-31-19/h2-3,5,7-8,10,13-14,16-17H,4,6,9,11-12,15H2,1H3,(H,27,29)/b18-14+. The highest BCUT2D eigenvalue weighted by atomic mass is 16.5. The van der Waals surface area contributed by atoms with Gasteiger partial charge >= 0.3 is 5.97 Å². The van der Waals surface area contributed by atoms with Crippen LogP contribution < -0.4 is 5.32 Å². The first kappa shape index (κ1) is 20.5. The number of ether oxygens (including phenoxy) is 1. The Balaban J connectivity index is 1.46. The van der Waals surface area contributed by atoms with Gasteiger partial charge in [0.05, 0.1) is 23.0 Å². The van der Waals surface area contributed by atoms with Gasteiger partial charge in [0, 0.05) is 11.4 Å². The van der Waals surface area contributed by atoms with Crippen molar-refractivity contribution in [3.8, 4) is 0 Å². The van der Waals surface area contributed by atoms with Crippen LogP contribution in [0, 0.1) is 5.92 Å². The predicted octanol–water partition coefficient (Wildman–Crippen LogP) is 4.78. The van der Waals surface area contributed by atoms with Crippen molar-refractivity contribution in [3.05, 3.63) is 65.2 Å². The summed E-state index contributed by atoms with van der Waals surface area (Å²) in [4.78, 5) is 30.4. The van der Waals surface area contributed by atoms with Crippen LogP contribution in [0.2, 0.25) is 0 Å². The summed E-state index contributed by atoms with van der Waals surface area (Å²) >= 11 is 0. The minimum atomic E-state index is -0.478. The minimum absolute atomic E-state index is 0.116. The van der Waals surface area contributed by atoms with Gasteiger partial charge in [0.2, 0.25) is 0 Å². The highest BCUT2D eigenvalue weighted by Gasteiger charge is 2.30. The van der Waals surface area contributed by atoms with Gasteiger partial charge in [-0.05, 0) is 80.4 Å².